The van der Waals surface area contributed by atoms with Gasteiger partial charge in [0.05, 0.1) is 0 Å². The molecule has 0 radical (unpaired) electrons. The van der Waals surface area contributed by atoms with Crippen LogP contribution >= 0.6 is 0 Å². The Kier molecular flexibility index (Phi) is 2.72. The highest BCUT2D eigenvalue weighted by Crippen LogP contribution is 2.61. The summed E-state index contributed by atoms with van der Waals surface area (Å²) in [6, 6.07) is 0. The van der Waals surface area contributed by atoms with Crippen molar-refractivity contribution in [2.75, 3.05) is 0 Å². The smallest absolute Gasteiger partial charge is 0.0230 e. The molecule has 2 bridgehead atoms. The van der Waals surface area contributed by atoms with E-state index in [0.717, 1.165) is 23.7 Å². The van der Waals surface area contributed by atoms with Crippen LogP contribution in [0.3, 0.4) is 0 Å². The lowest BCUT2D eigenvalue weighted by atomic mass is 9.66. The zero-order chi connectivity index (χ0) is 12.0. The van der Waals surface area contributed by atoms with Crippen molar-refractivity contribution >= 4 is 0 Å². The van der Waals surface area contributed by atoms with E-state index in [9.17, 15) is 0 Å². The van der Waals surface area contributed by atoms with E-state index >= 15 is 0 Å². The Morgan fingerprint density at radius 1 is 1.24 bits per heavy atom. The zero-order valence-corrected chi connectivity index (χ0v) is 11.3. The molecular formula is C17H26. The molecule has 0 spiro atoms. The Labute approximate surface area is 106 Å². The molecule has 3 rings (SSSR count). The third-order valence-corrected chi connectivity index (χ3v) is 5.89. The van der Waals surface area contributed by atoms with Gasteiger partial charge in [-0.05, 0) is 67.6 Å². The Bertz CT molecular complexity index is 320. The number of fused-ring (bicyclic) bond motifs is 5. The average Bonchev–Trinajstić information content (AvgIpc) is 2.83. The van der Waals surface area contributed by atoms with Crippen LogP contribution in [0.4, 0.5) is 0 Å². The van der Waals surface area contributed by atoms with Crippen molar-refractivity contribution in [2.45, 2.75) is 51.9 Å². The van der Waals surface area contributed by atoms with Gasteiger partial charge in [-0.25, -0.2) is 0 Å². The van der Waals surface area contributed by atoms with Crippen molar-refractivity contribution in [1.29, 1.82) is 0 Å². The van der Waals surface area contributed by atoms with Gasteiger partial charge in [0, 0.05) is 0 Å². The summed E-state index contributed by atoms with van der Waals surface area (Å²) < 4.78 is 0. The number of hydrogen-bond donors (Lipinski definition) is 0. The van der Waals surface area contributed by atoms with Crippen LogP contribution in [-0.2, 0) is 0 Å². The summed E-state index contributed by atoms with van der Waals surface area (Å²) in [6.07, 6.45) is 12.2. The Morgan fingerprint density at radius 2 is 1.82 bits per heavy atom. The summed E-state index contributed by atoms with van der Waals surface area (Å²) in [5, 5.41) is 0. The van der Waals surface area contributed by atoms with E-state index < -0.39 is 0 Å². The second-order valence-electron chi connectivity index (χ2n) is 7.27. The predicted molar refractivity (Wildman–Crippen MR) is 73.7 cm³/mol. The third-order valence-electron chi connectivity index (χ3n) is 5.89. The van der Waals surface area contributed by atoms with Gasteiger partial charge in [-0.2, -0.15) is 0 Å². The highest BCUT2D eigenvalue weighted by molar-refractivity contribution is 5.15. The first-order valence-corrected chi connectivity index (χ1v) is 7.41. The van der Waals surface area contributed by atoms with Crippen LogP contribution in [0.25, 0.3) is 0 Å². The lowest BCUT2D eigenvalue weighted by Crippen LogP contribution is -2.28. The Hall–Kier alpha value is -0.520. The average molecular weight is 230 g/mol. The van der Waals surface area contributed by atoms with Gasteiger partial charge < -0.3 is 0 Å². The maximum absolute atomic E-state index is 4.14. The van der Waals surface area contributed by atoms with Crippen LogP contribution in [0.5, 0.6) is 0 Å². The van der Waals surface area contributed by atoms with Gasteiger partial charge in [0.2, 0.25) is 0 Å². The molecule has 0 heteroatoms. The summed E-state index contributed by atoms with van der Waals surface area (Å²) >= 11 is 0. The van der Waals surface area contributed by atoms with Gasteiger partial charge in [-0.1, -0.05) is 38.2 Å². The Morgan fingerprint density at radius 3 is 2.35 bits per heavy atom. The number of hydrogen-bond acceptors (Lipinski definition) is 0. The fourth-order valence-electron chi connectivity index (χ4n) is 5.51. The van der Waals surface area contributed by atoms with Crippen LogP contribution in [0.15, 0.2) is 24.8 Å². The zero-order valence-electron chi connectivity index (χ0n) is 11.3. The van der Waals surface area contributed by atoms with Gasteiger partial charge in [-0.15, -0.1) is 0 Å². The molecule has 3 aliphatic carbocycles. The number of rotatable bonds is 3. The molecule has 0 nitrogen and oxygen atoms in total. The van der Waals surface area contributed by atoms with E-state index in [0.29, 0.717) is 5.41 Å². The van der Waals surface area contributed by atoms with Crippen molar-refractivity contribution in [1.82, 2.24) is 0 Å². The molecule has 0 aromatic heterocycles. The largest absolute Gasteiger partial charge is 0.0988 e. The van der Waals surface area contributed by atoms with Crippen LogP contribution in [0, 0.1) is 29.1 Å². The molecule has 0 aromatic carbocycles. The highest BCUT2D eigenvalue weighted by atomic mass is 14.6. The number of allylic oxidation sites excluding steroid dienone is 2. The lowest BCUT2D eigenvalue weighted by Gasteiger charge is -2.39. The van der Waals surface area contributed by atoms with Gasteiger partial charge in [0.25, 0.3) is 0 Å². The summed E-state index contributed by atoms with van der Waals surface area (Å²) in [7, 11) is 0. The molecule has 0 heterocycles. The first-order chi connectivity index (χ1) is 8.11. The summed E-state index contributed by atoms with van der Waals surface area (Å²) in [6.45, 7) is 10.5. The molecule has 4 unspecified atom stereocenters. The Balaban J connectivity index is 1.75. The minimum absolute atomic E-state index is 0.531. The van der Waals surface area contributed by atoms with Crippen molar-refractivity contribution in [3.05, 3.63) is 24.8 Å². The molecule has 17 heavy (non-hydrogen) atoms. The highest BCUT2D eigenvalue weighted by Gasteiger charge is 2.52. The minimum Gasteiger partial charge on any atom is -0.0988 e. The molecule has 0 aliphatic heterocycles. The standard InChI is InChI=1S/C17H26/c1-4-12(2)9-17(3)10-13-8-14(11-17)16-7-5-6-15(13)16/h4,13-16H,1-2,5-11H2,3H3. The lowest BCUT2D eigenvalue weighted by molar-refractivity contribution is 0.134. The first kappa shape index (κ1) is 11.6. The van der Waals surface area contributed by atoms with Crippen molar-refractivity contribution < 1.29 is 0 Å². The second kappa shape index (κ2) is 4.00. The minimum atomic E-state index is 0.531. The quantitative estimate of drug-likeness (QED) is 0.600. The van der Waals surface area contributed by atoms with Crippen molar-refractivity contribution in [3.8, 4) is 0 Å². The van der Waals surface area contributed by atoms with Crippen LogP contribution in [0.1, 0.15) is 51.9 Å². The molecular weight excluding hydrogens is 204 g/mol. The van der Waals surface area contributed by atoms with Crippen molar-refractivity contribution in [2.24, 2.45) is 29.1 Å². The summed E-state index contributed by atoms with van der Waals surface area (Å²) in [5.41, 5.74) is 1.78. The molecule has 3 fully saturated rings. The van der Waals surface area contributed by atoms with E-state index in [1.54, 1.807) is 6.42 Å². The van der Waals surface area contributed by atoms with E-state index in [4.69, 9.17) is 0 Å². The van der Waals surface area contributed by atoms with E-state index in [1.807, 2.05) is 6.08 Å². The van der Waals surface area contributed by atoms with E-state index in [2.05, 4.69) is 20.1 Å². The van der Waals surface area contributed by atoms with E-state index in [1.165, 1.54) is 44.1 Å². The summed E-state index contributed by atoms with van der Waals surface area (Å²) in [5.74, 6) is 4.28. The molecule has 3 aliphatic rings. The first-order valence-electron chi connectivity index (χ1n) is 7.41. The van der Waals surface area contributed by atoms with Crippen LogP contribution < -0.4 is 0 Å². The topological polar surface area (TPSA) is 0 Å². The van der Waals surface area contributed by atoms with Crippen LogP contribution in [0.2, 0.25) is 0 Å². The summed E-state index contributed by atoms with van der Waals surface area (Å²) in [4.78, 5) is 0. The van der Waals surface area contributed by atoms with E-state index in [-0.39, 0.29) is 0 Å². The third kappa shape index (κ3) is 1.90. The van der Waals surface area contributed by atoms with Gasteiger partial charge in [0.1, 0.15) is 0 Å². The monoisotopic (exact) mass is 230 g/mol. The molecule has 0 amide bonds. The molecule has 0 N–H and O–H groups in total. The molecule has 4 atom stereocenters. The SMILES string of the molecule is C=CC(=C)CC1(C)CC2CC(C1)C1CCCC21. The molecule has 94 valence electrons. The molecule has 0 aromatic rings. The molecule has 3 saturated carbocycles. The van der Waals surface area contributed by atoms with Gasteiger partial charge >= 0.3 is 0 Å². The van der Waals surface area contributed by atoms with Gasteiger partial charge in [-0.3, -0.25) is 0 Å². The fraction of sp³-hybridized carbons (Fsp3) is 0.765. The molecule has 0 saturated heterocycles. The van der Waals surface area contributed by atoms with Gasteiger partial charge in [0.15, 0.2) is 0 Å². The maximum Gasteiger partial charge on any atom is -0.0230 e. The fourth-order valence-corrected chi connectivity index (χ4v) is 5.51. The predicted octanol–water partition coefficient (Wildman–Crippen LogP) is 4.97. The van der Waals surface area contributed by atoms with Crippen LogP contribution in [-0.4, -0.2) is 0 Å². The second-order valence-corrected chi connectivity index (χ2v) is 7.27. The maximum atomic E-state index is 4.14. The normalized spacial score (nSPS) is 47.8. The van der Waals surface area contributed by atoms with Crippen molar-refractivity contribution in [3.63, 3.8) is 0 Å².